The second-order valence-electron chi connectivity index (χ2n) is 1.98. The maximum atomic E-state index is 11.9. The van der Waals surface area contributed by atoms with E-state index in [-0.39, 0.29) is 0 Å². The van der Waals surface area contributed by atoms with Crippen LogP contribution in [0.5, 0.6) is 0 Å². The molecule has 0 unspecified atom stereocenters. The number of nitrogens with zero attached hydrogens (tertiary/aromatic N) is 1. The van der Waals surface area contributed by atoms with E-state index in [1.807, 2.05) is 0 Å². The van der Waals surface area contributed by atoms with Crippen molar-refractivity contribution < 1.29 is 13.2 Å². The fourth-order valence-electron chi connectivity index (χ4n) is 0.690. The van der Waals surface area contributed by atoms with Gasteiger partial charge in [-0.2, -0.15) is 13.2 Å². The molecule has 0 heterocycles. The molecule has 0 rings (SSSR count). The van der Waals surface area contributed by atoms with Crippen LogP contribution in [-0.2, 0) is 0 Å². The zero-order chi connectivity index (χ0) is 9.07. The number of hydrogen-bond donors (Lipinski definition) is 0. The summed E-state index contributed by atoms with van der Waals surface area (Å²) >= 11 is 4.21. The van der Waals surface area contributed by atoms with Crippen molar-refractivity contribution in [2.24, 2.45) is 0 Å². The highest BCUT2D eigenvalue weighted by Crippen LogP contribution is 2.19. The first-order valence-corrected chi connectivity index (χ1v) is 3.70. The van der Waals surface area contributed by atoms with Crippen molar-refractivity contribution in [1.29, 1.82) is 0 Å². The number of rotatable bonds is 2. The minimum absolute atomic E-state index is 0.300. The van der Waals surface area contributed by atoms with E-state index < -0.39 is 11.2 Å². The fourth-order valence-corrected chi connectivity index (χ4v) is 0.948. The molecule has 0 aliphatic rings. The molecule has 0 aromatic heterocycles. The summed E-state index contributed by atoms with van der Waals surface area (Å²) in [7, 11) is 0. The SMILES string of the molecule is CCN(CC)C(=S)C(F)(F)F. The van der Waals surface area contributed by atoms with E-state index in [4.69, 9.17) is 0 Å². The molecule has 66 valence electrons. The summed E-state index contributed by atoms with van der Waals surface area (Å²) in [5.41, 5.74) is 0. The van der Waals surface area contributed by atoms with Crippen LogP contribution in [0.4, 0.5) is 13.2 Å². The summed E-state index contributed by atoms with van der Waals surface area (Å²) in [5.74, 6) is 0. The Balaban J connectivity index is 4.22. The molecule has 0 aliphatic heterocycles. The lowest BCUT2D eigenvalue weighted by Crippen LogP contribution is -2.39. The van der Waals surface area contributed by atoms with Crippen molar-refractivity contribution in [3.8, 4) is 0 Å². The Hall–Kier alpha value is -0.320. The lowest BCUT2D eigenvalue weighted by Gasteiger charge is -2.22. The van der Waals surface area contributed by atoms with Crippen LogP contribution in [0, 0.1) is 0 Å². The standard InChI is InChI=1S/C6H10F3NS/c1-3-10(4-2)5(11)6(7,8)9/h3-4H2,1-2H3. The predicted molar refractivity (Wildman–Crippen MR) is 41.6 cm³/mol. The summed E-state index contributed by atoms with van der Waals surface area (Å²) in [6, 6.07) is 0. The summed E-state index contributed by atoms with van der Waals surface area (Å²) in [6.45, 7) is 3.88. The van der Waals surface area contributed by atoms with Crippen LogP contribution in [0.25, 0.3) is 0 Å². The molecule has 0 radical (unpaired) electrons. The van der Waals surface area contributed by atoms with Crippen LogP contribution in [-0.4, -0.2) is 29.2 Å². The molecule has 0 saturated carbocycles. The highest BCUT2D eigenvalue weighted by molar-refractivity contribution is 7.80. The van der Waals surface area contributed by atoms with Crippen LogP contribution in [0.15, 0.2) is 0 Å². The Bertz CT molecular complexity index is 139. The van der Waals surface area contributed by atoms with Gasteiger partial charge in [-0.15, -0.1) is 0 Å². The Labute approximate surface area is 69.2 Å². The van der Waals surface area contributed by atoms with Gasteiger partial charge in [-0.25, -0.2) is 0 Å². The first kappa shape index (κ1) is 10.7. The zero-order valence-corrected chi connectivity index (χ0v) is 7.22. The van der Waals surface area contributed by atoms with Gasteiger partial charge in [0.1, 0.15) is 0 Å². The van der Waals surface area contributed by atoms with E-state index in [2.05, 4.69) is 12.2 Å². The van der Waals surface area contributed by atoms with Gasteiger partial charge in [0.25, 0.3) is 0 Å². The minimum Gasteiger partial charge on any atom is -0.359 e. The monoisotopic (exact) mass is 185 g/mol. The summed E-state index contributed by atoms with van der Waals surface area (Å²) in [4.78, 5) is 0.178. The lowest BCUT2D eigenvalue weighted by molar-refractivity contribution is -0.0654. The van der Waals surface area contributed by atoms with Crippen molar-refractivity contribution in [3.63, 3.8) is 0 Å². The largest absolute Gasteiger partial charge is 0.441 e. The smallest absolute Gasteiger partial charge is 0.359 e. The fraction of sp³-hybridized carbons (Fsp3) is 0.833. The molecule has 0 amide bonds. The third-order valence-electron chi connectivity index (χ3n) is 1.29. The third kappa shape index (κ3) is 3.05. The normalized spacial score (nSPS) is 11.4. The Morgan fingerprint density at radius 1 is 1.27 bits per heavy atom. The van der Waals surface area contributed by atoms with E-state index in [1.165, 1.54) is 0 Å². The van der Waals surface area contributed by atoms with E-state index >= 15 is 0 Å². The third-order valence-corrected chi connectivity index (χ3v) is 1.78. The molecular formula is C6H10F3NS. The molecule has 0 aliphatic carbocycles. The second-order valence-corrected chi connectivity index (χ2v) is 2.36. The quantitative estimate of drug-likeness (QED) is 0.607. The summed E-state index contributed by atoms with van der Waals surface area (Å²) in [5, 5.41) is 0. The number of hydrogen-bond acceptors (Lipinski definition) is 1. The molecule has 0 N–H and O–H groups in total. The molecule has 0 aromatic carbocycles. The van der Waals surface area contributed by atoms with Gasteiger partial charge in [0, 0.05) is 13.1 Å². The number of halogens is 3. The van der Waals surface area contributed by atoms with E-state index in [1.54, 1.807) is 13.8 Å². The van der Waals surface area contributed by atoms with Gasteiger partial charge < -0.3 is 4.90 Å². The molecule has 0 atom stereocenters. The summed E-state index contributed by atoms with van der Waals surface area (Å²) in [6.07, 6.45) is -4.36. The molecule has 0 aromatic rings. The Morgan fingerprint density at radius 2 is 1.64 bits per heavy atom. The van der Waals surface area contributed by atoms with Crippen LogP contribution in [0.1, 0.15) is 13.8 Å². The molecule has 0 fully saturated rings. The highest BCUT2D eigenvalue weighted by atomic mass is 32.1. The molecular weight excluding hydrogens is 175 g/mol. The van der Waals surface area contributed by atoms with Crippen LogP contribution in [0.2, 0.25) is 0 Å². The average molecular weight is 185 g/mol. The first-order valence-electron chi connectivity index (χ1n) is 3.29. The highest BCUT2D eigenvalue weighted by Gasteiger charge is 2.36. The topological polar surface area (TPSA) is 3.24 Å². The minimum atomic E-state index is -4.36. The molecule has 0 saturated heterocycles. The average Bonchev–Trinajstić information content (AvgIpc) is 1.88. The van der Waals surface area contributed by atoms with Gasteiger partial charge in [0.2, 0.25) is 0 Å². The van der Waals surface area contributed by atoms with Crippen LogP contribution >= 0.6 is 12.2 Å². The molecule has 0 spiro atoms. The Morgan fingerprint density at radius 3 is 1.73 bits per heavy atom. The molecule has 11 heavy (non-hydrogen) atoms. The van der Waals surface area contributed by atoms with Gasteiger partial charge in [0.15, 0.2) is 4.99 Å². The van der Waals surface area contributed by atoms with E-state index in [9.17, 15) is 13.2 Å². The second kappa shape index (κ2) is 3.90. The number of alkyl halides is 3. The van der Waals surface area contributed by atoms with Crippen molar-refractivity contribution in [1.82, 2.24) is 4.90 Å². The maximum absolute atomic E-state index is 11.9. The zero-order valence-electron chi connectivity index (χ0n) is 6.40. The van der Waals surface area contributed by atoms with Crippen LogP contribution in [0.3, 0.4) is 0 Å². The Kier molecular flexibility index (Phi) is 3.78. The lowest BCUT2D eigenvalue weighted by atomic mass is 10.4. The van der Waals surface area contributed by atoms with Crippen LogP contribution < -0.4 is 0 Å². The van der Waals surface area contributed by atoms with Gasteiger partial charge in [-0.3, -0.25) is 0 Å². The van der Waals surface area contributed by atoms with E-state index in [0.717, 1.165) is 4.90 Å². The molecule has 1 nitrogen and oxygen atoms in total. The number of thiocarbonyl (C=S) groups is 1. The van der Waals surface area contributed by atoms with Crippen molar-refractivity contribution in [2.45, 2.75) is 20.0 Å². The maximum Gasteiger partial charge on any atom is 0.441 e. The van der Waals surface area contributed by atoms with Gasteiger partial charge in [0.05, 0.1) is 0 Å². The van der Waals surface area contributed by atoms with Gasteiger partial charge >= 0.3 is 6.18 Å². The van der Waals surface area contributed by atoms with Gasteiger partial charge in [-0.1, -0.05) is 12.2 Å². The molecule has 5 heteroatoms. The summed E-state index contributed by atoms with van der Waals surface area (Å²) < 4.78 is 35.7. The van der Waals surface area contributed by atoms with E-state index in [0.29, 0.717) is 13.1 Å². The van der Waals surface area contributed by atoms with Crippen molar-refractivity contribution in [3.05, 3.63) is 0 Å². The molecule has 0 bridgehead atoms. The van der Waals surface area contributed by atoms with Crippen molar-refractivity contribution in [2.75, 3.05) is 13.1 Å². The van der Waals surface area contributed by atoms with Crippen molar-refractivity contribution >= 4 is 17.2 Å². The predicted octanol–water partition coefficient (Wildman–Crippen LogP) is 2.22. The first-order chi connectivity index (χ1) is 4.93. The van der Waals surface area contributed by atoms with Gasteiger partial charge in [-0.05, 0) is 13.8 Å².